The summed E-state index contributed by atoms with van der Waals surface area (Å²) < 4.78 is 0. The first-order valence-corrected chi connectivity index (χ1v) is 12.6. The first kappa shape index (κ1) is 35.9. The van der Waals surface area contributed by atoms with Gasteiger partial charge >= 0.3 is 57.4 Å². The molecule has 0 amide bonds. The maximum atomic E-state index is 10.3. The van der Waals surface area contributed by atoms with Gasteiger partial charge in [-0.2, -0.15) is 0 Å². The molecule has 0 radical (unpaired) electrons. The molecule has 0 bridgehead atoms. The number of carboxylic acid groups (broad SMARTS) is 2. The van der Waals surface area contributed by atoms with Crippen LogP contribution in [0.2, 0.25) is 0 Å². The van der Waals surface area contributed by atoms with Crippen LogP contribution in [0, 0.1) is 0 Å². The Morgan fingerprint density at radius 1 is 0.613 bits per heavy atom. The van der Waals surface area contributed by atoms with Crippen molar-refractivity contribution < 1.29 is 71.2 Å². The van der Waals surface area contributed by atoms with Gasteiger partial charge in [0.2, 0.25) is 0 Å². The van der Waals surface area contributed by atoms with E-state index in [1.807, 2.05) is 0 Å². The number of rotatable bonds is 21. The van der Waals surface area contributed by atoms with Crippen molar-refractivity contribution in [2.24, 2.45) is 0 Å². The average molecular weight is 465 g/mol. The fraction of sp³-hybridized carbons (Fsp3) is 0.846. The first-order valence-electron chi connectivity index (χ1n) is 12.6. The van der Waals surface area contributed by atoms with Gasteiger partial charge in [-0.3, -0.25) is 4.79 Å². The Labute approximate surface area is 235 Å². The SMILES string of the molecule is CCCCCCCC(=O)[O-].CCCCCCCC/C=C\CCCCCCCC(=O)O.[K+]. The van der Waals surface area contributed by atoms with Crippen LogP contribution >= 0.6 is 0 Å². The number of unbranched alkanes of at least 4 members (excludes halogenated alkanes) is 15. The first-order chi connectivity index (χ1) is 14.5. The van der Waals surface area contributed by atoms with Crippen LogP contribution in [-0.2, 0) is 9.59 Å². The molecule has 31 heavy (non-hydrogen) atoms. The Hall–Kier alpha value is 0.316. The summed E-state index contributed by atoms with van der Waals surface area (Å²) in [6, 6.07) is 0. The number of carbonyl (C=O) groups is 2. The molecule has 0 saturated carbocycles. The summed E-state index contributed by atoms with van der Waals surface area (Å²) in [5.41, 5.74) is 0. The van der Waals surface area contributed by atoms with E-state index in [0.29, 0.717) is 6.42 Å². The van der Waals surface area contributed by atoms with Crippen molar-refractivity contribution in [3.05, 3.63) is 12.2 Å². The molecule has 0 aliphatic rings. The zero-order valence-electron chi connectivity index (χ0n) is 21.0. The van der Waals surface area contributed by atoms with Gasteiger partial charge in [0.05, 0.1) is 0 Å². The maximum Gasteiger partial charge on any atom is 1.00 e. The molecule has 178 valence electrons. The van der Waals surface area contributed by atoms with Gasteiger partial charge in [-0.1, -0.05) is 103 Å². The third-order valence-electron chi connectivity index (χ3n) is 5.14. The molecule has 0 aromatic rings. The molecule has 0 aromatic carbocycles. The quantitative estimate of drug-likeness (QED) is 0.157. The Bertz CT molecular complexity index is 397. The second-order valence-electron chi connectivity index (χ2n) is 8.26. The molecule has 0 spiro atoms. The number of carboxylic acids is 2. The van der Waals surface area contributed by atoms with Gasteiger partial charge in [0, 0.05) is 12.4 Å². The Morgan fingerprint density at radius 3 is 1.35 bits per heavy atom. The van der Waals surface area contributed by atoms with Crippen molar-refractivity contribution in [1.29, 1.82) is 0 Å². The number of hydrogen-bond donors (Lipinski definition) is 1. The molecule has 5 heteroatoms. The predicted molar refractivity (Wildman–Crippen MR) is 125 cm³/mol. The van der Waals surface area contributed by atoms with Gasteiger partial charge < -0.3 is 15.0 Å². The molecule has 0 atom stereocenters. The van der Waals surface area contributed by atoms with E-state index in [2.05, 4.69) is 26.0 Å². The van der Waals surface area contributed by atoms with Crippen LogP contribution in [0.25, 0.3) is 0 Å². The van der Waals surface area contributed by atoms with Crippen molar-refractivity contribution in [3.8, 4) is 0 Å². The molecule has 0 aliphatic carbocycles. The van der Waals surface area contributed by atoms with E-state index in [1.165, 1.54) is 83.5 Å². The topological polar surface area (TPSA) is 77.4 Å². The fourth-order valence-electron chi connectivity index (χ4n) is 3.22. The average Bonchev–Trinajstić information content (AvgIpc) is 2.71. The van der Waals surface area contributed by atoms with Crippen LogP contribution < -0.4 is 56.5 Å². The van der Waals surface area contributed by atoms with Crippen LogP contribution in [0.1, 0.15) is 142 Å². The van der Waals surface area contributed by atoms with Crippen molar-refractivity contribution in [2.75, 3.05) is 0 Å². The summed E-state index contributed by atoms with van der Waals surface area (Å²) in [4.78, 5) is 20.2. The summed E-state index contributed by atoms with van der Waals surface area (Å²) in [5, 5.41) is 18.4. The second kappa shape index (κ2) is 32.5. The molecule has 0 aromatic heterocycles. The van der Waals surface area contributed by atoms with E-state index in [4.69, 9.17) is 5.11 Å². The second-order valence-corrected chi connectivity index (χ2v) is 8.26. The number of carbonyl (C=O) groups excluding carboxylic acids is 1. The maximum absolute atomic E-state index is 10.3. The Kier molecular flexibility index (Phi) is 37.6. The minimum atomic E-state index is -0.920. The molecule has 1 N–H and O–H groups in total. The monoisotopic (exact) mass is 464 g/mol. The van der Waals surface area contributed by atoms with E-state index in [0.717, 1.165) is 32.1 Å². The van der Waals surface area contributed by atoms with Crippen LogP contribution in [0.4, 0.5) is 0 Å². The van der Waals surface area contributed by atoms with Crippen LogP contribution in [0.3, 0.4) is 0 Å². The van der Waals surface area contributed by atoms with E-state index in [1.54, 1.807) is 0 Å². The van der Waals surface area contributed by atoms with Crippen molar-refractivity contribution in [2.45, 2.75) is 142 Å². The number of allylic oxidation sites excluding steroid dienone is 2. The molecule has 0 unspecified atom stereocenters. The van der Waals surface area contributed by atoms with Gasteiger partial charge in [0.25, 0.3) is 0 Å². The Balaban J connectivity index is -0.000000604. The van der Waals surface area contributed by atoms with Crippen LogP contribution in [0.5, 0.6) is 0 Å². The summed E-state index contributed by atoms with van der Waals surface area (Å²) in [6.07, 6.45) is 26.8. The van der Waals surface area contributed by atoms with Gasteiger partial charge in [0.1, 0.15) is 0 Å². The van der Waals surface area contributed by atoms with E-state index in [9.17, 15) is 14.7 Å². The normalized spacial score (nSPS) is 10.4. The minimum absolute atomic E-state index is 0. The van der Waals surface area contributed by atoms with Gasteiger partial charge in [-0.15, -0.1) is 0 Å². The molecule has 0 saturated heterocycles. The number of hydrogen-bond acceptors (Lipinski definition) is 3. The summed E-state index contributed by atoms with van der Waals surface area (Å²) in [7, 11) is 0. The molecule has 0 rings (SSSR count). The zero-order valence-corrected chi connectivity index (χ0v) is 24.1. The summed E-state index contributed by atoms with van der Waals surface area (Å²) >= 11 is 0. The van der Waals surface area contributed by atoms with Crippen molar-refractivity contribution in [1.82, 2.24) is 0 Å². The van der Waals surface area contributed by atoms with Crippen molar-refractivity contribution in [3.63, 3.8) is 0 Å². The summed E-state index contributed by atoms with van der Waals surface area (Å²) in [5.74, 6) is -1.58. The predicted octanol–water partition coefficient (Wildman–Crippen LogP) is 4.21. The van der Waals surface area contributed by atoms with E-state index < -0.39 is 11.9 Å². The number of aliphatic carboxylic acids is 2. The fourth-order valence-corrected chi connectivity index (χ4v) is 3.22. The van der Waals surface area contributed by atoms with Gasteiger partial charge in [-0.25, -0.2) is 0 Å². The largest absolute Gasteiger partial charge is 1.00 e. The zero-order chi connectivity index (χ0) is 22.7. The molecular formula is C26H49KO4. The molecule has 0 heterocycles. The summed E-state index contributed by atoms with van der Waals surface area (Å²) in [6.45, 7) is 4.40. The van der Waals surface area contributed by atoms with Crippen LogP contribution in [-0.4, -0.2) is 17.0 Å². The van der Waals surface area contributed by atoms with Gasteiger partial charge in [0.15, 0.2) is 0 Å². The molecule has 4 nitrogen and oxygen atoms in total. The third kappa shape index (κ3) is 41.1. The minimum Gasteiger partial charge on any atom is -0.550 e. The van der Waals surface area contributed by atoms with E-state index >= 15 is 0 Å². The molecule has 0 fully saturated rings. The smallest absolute Gasteiger partial charge is 0.550 e. The van der Waals surface area contributed by atoms with Gasteiger partial charge in [-0.05, 0) is 44.9 Å². The van der Waals surface area contributed by atoms with E-state index in [-0.39, 0.29) is 57.8 Å². The van der Waals surface area contributed by atoms with Crippen molar-refractivity contribution >= 4 is 11.9 Å². The Morgan fingerprint density at radius 2 is 0.968 bits per heavy atom. The molecular weight excluding hydrogens is 415 g/mol. The third-order valence-corrected chi connectivity index (χ3v) is 5.14. The van der Waals surface area contributed by atoms with Crippen LogP contribution in [0.15, 0.2) is 12.2 Å². The standard InChI is InChI=1S/C18H34O2.C8H16O2.K/c1-2-3-4-5-6-7-8-9-10-11-12-13-14-15-16-17-18(19)20;1-2-3-4-5-6-7-8(9)10;/h9-10H,2-8,11-17H2,1H3,(H,19,20);2-7H2,1H3,(H,9,10);/q;;+1/p-1/b10-9-;;. The molecule has 0 aliphatic heterocycles.